The first-order valence-electron chi connectivity index (χ1n) is 7.16. The zero-order valence-corrected chi connectivity index (χ0v) is 13.2. The Kier molecular flexibility index (Phi) is 6.05. The van der Waals surface area contributed by atoms with Crippen molar-refractivity contribution in [3.63, 3.8) is 0 Å². The summed E-state index contributed by atoms with van der Waals surface area (Å²) in [5, 5.41) is 4.10. The van der Waals surface area contributed by atoms with Crippen LogP contribution < -0.4 is 15.4 Å². The molecule has 0 aromatic heterocycles. The SMILES string of the molecule is COc1ccccc1C(=O)OCC(=O)NC(=O)Nc1ccccc1F. The van der Waals surface area contributed by atoms with E-state index in [1.54, 1.807) is 18.2 Å². The van der Waals surface area contributed by atoms with E-state index in [-0.39, 0.29) is 11.3 Å². The van der Waals surface area contributed by atoms with E-state index in [0.717, 1.165) is 6.07 Å². The van der Waals surface area contributed by atoms with Gasteiger partial charge in [0.15, 0.2) is 6.61 Å². The Labute approximate surface area is 142 Å². The summed E-state index contributed by atoms with van der Waals surface area (Å²) in [7, 11) is 1.39. The molecule has 2 N–H and O–H groups in total. The molecule has 0 aliphatic heterocycles. The smallest absolute Gasteiger partial charge is 0.342 e. The van der Waals surface area contributed by atoms with Gasteiger partial charge in [0.05, 0.1) is 12.8 Å². The van der Waals surface area contributed by atoms with Crippen LogP contribution in [0.2, 0.25) is 0 Å². The fourth-order valence-corrected chi connectivity index (χ4v) is 1.90. The summed E-state index contributed by atoms with van der Waals surface area (Å²) in [5.41, 5.74) is 0.0624. The molecule has 8 heteroatoms. The van der Waals surface area contributed by atoms with Crippen LogP contribution in [0.5, 0.6) is 5.75 Å². The Balaban J connectivity index is 1.85. The lowest BCUT2D eigenvalue weighted by Gasteiger charge is -2.09. The molecule has 3 amide bonds. The van der Waals surface area contributed by atoms with E-state index in [1.165, 1.54) is 31.4 Å². The summed E-state index contributed by atoms with van der Waals surface area (Å²) in [6.07, 6.45) is 0. The summed E-state index contributed by atoms with van der Waals surface area (Å²) in [4.78, 5) is 35.2. The number of benzene rings is 2. The zero-order valence-electron chi connectivity index (χ0n) is 13.2. The van der Waals surface area contributed by atoms with Crippen LogP contribution in [-0.4, -0.2) is 31.6 Å². The molecule has 0 aliphatic rings. The molecule has 0 unspecified atom stereocenters. The first kappa shape index (κ1) is 17.9. The highest BCUT2D eigenvalue weighted by Crippen LogP contribution is 2.18. The molecule has 7 nitrogen and oxygen atoms in total. The summed E-state index contributed by atoms with van der Waals surface area (Å²) in [6, 6.07) is 10.9. The number of urea groups is 1. The molecule has 130 valence electrons. The van der Waals surface area contributed by atoms with Gasteiger partial charge in [0.25, 0.3) is 5.91 Å². The Morgan fingerprint density at radius 1 is 1.04 bits per heavy atom. The summed E-state index contributed by atoms with van der Waals surface area (Å²) in [5.74, 6) is -1.99. The van der Waals surface area contributed by atoms with Gasteiger partial charge in [0, 0.05) is 0 Å². The minimum absolute atomic E-state index is 0.0844. The second-order valence-corrected chi connectivity index (χ2v) is 4.76. The van der Waals surface area contributed by atoms with E-state index in [9.17, 15) is 18.8 Å². The van der Waals surface area contributed by atoms with E-state index in [1.807, 2.05) is 5.32 Å². The van der Waals surface area contributed by atoms with Crippen molar-refractivity contribution in [3.05, 3.63) is 59.9 Å². The van der Waals surface area contributed by atoms with Crippen molar-refractivity contribution < 1.29 is 28.2 Å². The number of hydrogen-bond donors (Lipinski definition) is 2. The maximum absolute atomic E-state index is 13.4. The van der Waals surface area contributed by atoms with Gasteiger partial charge in [-0.3, -0.25) is 10.1 Å². The monoisotopic (exact) mass is 346 g/mol. The lowest BCUT2D eigenvalue weighted by Crippen LogP contribution is -2.37. The topological polar surface area (TPSA) is 93.7 Å². The van der Waals surface area contributed by atoms with Gasteiger partial charge in [-0.25, -0.2) is 14.0 Å². The number of anilines is 1. The van der Waals surface area contributed by atoms with Crippen LogP contribution in [0.15, 0.2) is 48.5 Å². The molecule has 2 rings (SSSR count). The number of hydrogen-bond acceptors (Lipinski definition) is 5. The molecule has 0 radical (unpaired) electrons. The highest BCUT2D eigenvalue weighted by molar-refractivity contribution is 6.02. The molecule has 2 aromatic carbocycles. The number of esters is 1. The van der Waals surface area contributed by atoms with Gasteiger partial charge in [0.2, 0.25) is 0 Å². The van der Waals surface area contributed by atoms with E-state index >= 15 is 0 Å². The fraction of sp³-hybridized carbons (Fsp3) is 0.118. The lowest BCUT2D eigenvalue weighted by atomic mass is 10.2. The molecular formula is C17H15FN2O5. The van der Waals surface area contributed by atoms with E-state index in [0.29, 0.717) is 5.75 Å². The number of para-hydroxylation sites is 2. The number of carbonyl (C=O) groups excluding carboxylic acids is 3. The number of rotatable bonds is 5. The van der Waals surface area contributed by atoms with Crippen molar-refractivity contribution in [3.8, 4) is 5.75 Å². The summed E-state index contributed by atoms with van der Waals surface area (Å²) >= 11 is 0. The predicted molar refractivity (Wildman–Crippen MR) is 86.8 cm³/mol. The quantitative estimate of drug-likeness (QED) is 0.811. The highest BCUT2D eigenvalue weighted by atomic mass is 19.1. The maximum atomic E-state index is 13.4. The molecule has 0 fully saturated rings. The van der Waals surface area contributed by atoms with Crippen molar-refractivity contribution in [1.82, 2.24) is 5.32 Å². The first-order valence-corrected chi connectivity index (χ1v) is 7.16. The summed E-state index contributed by atoms with van der Waals surface area (Å²) in [6.45, 7) is -0.679. The van der Waals surface area contributed by atoms with Crippen molar-refractivity contribution in [1.29, 1.82) is 0 Å². The molecule has 0 atom stereocenters. The number of nitrogens with one attached hydrogen (secondary N) is 2. The molecule has 25 heavy (non-hydrogen) atoms. The number of amides is 3. The number of halogens is 1. The molecule has 0 spiro atoms. The van der Waals surface area contributed by atoms with Crippen LogP contribution in [0.1, 0.15) is 10.4 Å². The number of methoxy groups -OCH3 is 1. The van der Waals surface area contributed by atoms with Gasteiger partial charge < -0.3 is 14.8 Å². The number of ether oxygens (including phenoxy) is 2. The van der Waals surface area contributed by atoms with Gasteiger partial charge in [-0.1, -0.05) is 24.3 Å². The molecule has 0 heterocycles. The standard InChI is InChI=1S/C17H15FN2O5/c1-24-14-9-5-2-6-11(14)16(22)25-10-15(21)20-17(23)19-13-8-4-3-7-12(13)18/h2-9H,10H2,1H3,(H2,19,20,21,23). The van der Waals surface area contributed by atoms with Crippen LogP contribution in [0.3, 0.4) is 0 Å². The first-order chi connectivity index (χ1) is 12.0. The third kappa shape index (κ3) is 5.03. The summed E-state index contributed by atoms with van der Waals surface area (Å²) < 4.78 is 23.2. The predicted octanol–water partition coefficient (Wildman–Crippen LogP) is 2.34. The molecule has 0 aliphatic carbocycles. The van der Waals surface area contributed by atoms with Gasteiger partial charge in [-0.15, -0.1) is 0 Å². The van der Waals surface area contributed by atoms with E-state index in [2.05, 4.69) is 5.32 Å². The van der Waals surface area contributed by atoms with Crippen molar-refractivity contribution in [2.45, 2.75) is 0 Å². The highest BCUT2D eigenvalue weighted by Gasteiger charge is 2.16. The van der Waals surface area contributed by atoms with Crippen molar-refractivity contribution in [2.24, 2.45) is 0 Å². The number of carbonyl (C=O) groups is 3. The zero-order chi connectivity index (χ0) is 18.2. The van der Waals surface area contributed by atoms with Gasteiger partial charge in [-0.2, -0.15) is 0 Å². The Bertz CT molecular complexity index is 794. The van der Waals surface area contributed by atoms with Crippen LogP contribution in [0, 0.1) is 5.82 Å². The van der Waals surface area contributed by atoms with Gasteiger partial charge in [-0.05, 0) is 24.3 Å². The van der Waals surface area contributed by atoms with Crippen LogP contribution in [0.25, 0.3) is 0 Å². The lowest BCUT2D eigenvalue weighted by molar-refractivity contribution is -0.123. The molecule has 0 saturated heterocycles. The molecule has 0 bridgehead atoms. The molecular weight excluding hydrogens is 331 g/mol. The largest absolute Gasteiger partial charge is 0.496 e. The Hall–Kier alpha value is -3.42. The second kappa shape index (κ2) is 8.44. The average Bonchev–Trinajstić information content (AvgIpc) is 2.61. The van der Waals surface area contributed by atoms with E-state index < -0.39 is 30.3 Å². The van der Waals surface area contributed by atoms with Crippen molar-refractivity contribution in [2.75, 3.05) is 19.0 Å². The average molecular weight is 346 g/mol. The molecule has 2 aromatic rings. The van der Waals surface area contributed by atoms with Crippen LogP contribution >= 0.6 is 0 Å². The van der Waals surface area contributed by atoms with Crippen LogP contribution in [0.4, 0.5) is 14.9 Å². The van der Waals surface area contributed by atoms with Gasteiger partial charge >= 0.3 is 12.0 Å². The third-order valence-electron chi connectivity index (χ3n) is 3.04. The van der Waals surface area contributed by atoms with Crippen molar-refractivity contribution >= 4 is 23.6 Å². The second-order valence-electron chi connectivity index (χ2n) is 4.76. The van der Waals surface area contributed by atoms with Gasteiger partial charge in [0.1, 0.15) is 17.1 Å². The third-order valence-corrected chi connectivity index (χ3v) is 3.04. The minimum Gasteiger partial charge on any atom is -0.496 e. The number of imide groups is 1. The fourth-order valence-electron chi connectivity index (χ4n) is 1.90. The Morgan fingerprint density at radius 2 is 1.72 bits per heavy atom. The normalized spacial score (nSPS) is 9.84. The molecule has 0 saturated carbocycles. The maximum Gasteiger partial charge on any atom is 0.342 e. The van der Waals surface area contributed by atoms with Crippen LogP contribution in [-0.2, 0) is 9.53 Å². The van der Waals surface area contributed by atoms with E-state index in [4.69, 9.17) is 9.47 Å². The Morgan fingerprint density at radius 3 is 2.44 bits per heavy atom. The minimum atomic E-state index is -0.941.